The van der Waals surface area contributed by atoms with Gasteiger partial charge in [-0.15, -0.1) is 0 Å². The number of likely N-dealkylation sites (N-methyl/N-ethyl adjacent to an activating group) is 1. The zero-order valence-electron chi connectivity index (χ0n) is 23.5. The van der Waals surface area contributed by atoms with Gasteiger partial charge in [0.25, 0.3) is 0 Å². The van der Waals surface area contributed by atoms with Gasteiger partial charge in [0.05, 0.1) is 43.2 Å². The zero-order chi connectivity index (χ0) is 26.9. The molecule has 1 aliphatic rings. The van der Waals surface area contributed by atoms with Gasteiger partial charge in [-0.05, 0) is 53.4 Å². The summed E-state index contributed by atoms with van der Waals surface area (Å²) in [5, 5.41) is 0. The van der Waals surface area contributed by atoms with Gasteiger partial charge >= 0.3 is 12.1 Å². The predicted octanol–water partition coefficient (Wildman–Crippen LogP) is 3.88. The van der Waals surface area contributed by atoms with Crippen LogP contribution in [0.3, 0.4) is 0 Å². The lowest BCUT2D eigenvalue weighted by atomic mass is 9.90. The third-order valence-electron chi connectivity index (χ3n) is 6.84. The van der Waals surface area contributed by atoms with Crippen molar-refractivity contribution in [2.24, 2.45) is 11.8 Å². The second-order valence-electron chi connectivity index (χ2n) is 10.5. The minimum absolute atomic E-state index is 0.0789. The number of esters is 1. The van der Waals surface area contributed by atoms with Gasteiger partial charge in [-0.25, -0.2) is 4.79 Å². The number of nitrogens with zero attached hydrogens (tertiary/aromatic N) is 2. The Labute approximate surface area is 211 Å². The molecule has 1 fully saturated rings. The van der Waals surface area contributed by atoms with Crippen molar-refractivity contribution in [1.29, 1.82) is 0 Å². The highest BCUT2D eigenvalue weighted by molar-refractivity contribution is 5.78. The maximum atomic E-state index is 13.5. The van der Waals surface area contributed by atoms with Crippen molar-refractivity contribution in [2.75, 3.05) is 34.4 Å². The van der Waals surface area contributed by atoms with Crippen LogP contribution in [-0.4, -0.2) is 92.1 Å². The molecule has 0 saturated carbocycles. The highest BCUT2D eigenvalue weighted by Gasteiger charge is 2.42. The number of methoxy groups -OCH3 is 2. The van der Waals surface area contributed by atoms with Crippen LogP contribution in [0, 0.1) is 11.8 Å². The Morgan fingerprint density at radius 2 is 1.71 bits per heavy atom. The van der Waals surface area contributed by atoms with Crippen LogP contribution in [0.5, 0.6) is 0 Å². The molecule has 9 nitrogen and oxygen atoms in total. The lowest BCUT2D eigenvalue weighted by Crippen LogP contribution is -2.53. The smallest absolute Gasteiger partial charge is 0.410 e. The van der Waals surface area contributed by atoms with E-state index in [-0.39, 0.29) is 36.3 Å². The Balaban J connectivity index is 3.09. The Hall–Kier alpha value is -1.87. The van der Waals surface area contributed by atoms with Crippen LogP contribution in [0.25, 0.3) is 0 Å². The van der Waals surface area contributed by atoms with E-state index in [0.29, 0.717) is 13.2 Å². The van der Waals surface area contributed by atoms with Crippen molar-refractivity contribution in [3.63, 3.8) is 0 Å². The molecule has 2 amide bonds. The van der Waals surface area contributed by atoms with Gasteiger partial charge in [-0.3, -0.25) is 9.59 Å². The number of rotatable bonds is 12. The standard InChI is InChI=1S/C26H48N2O7/c1-11-17(3)22(27(8)25(31)35-26(5,6)7)20(32-9)16-21(29)28-15-13-14-19(28)23(33-10)18(4)24(30)34-12-2/h17-20,22-23H,11-16H2,1-10H3/t17-,18+,19-,20+,22-,23+/m0/s1. The molecule has 1 saturated heterocycles. The molecular formula is C26H48N2O7. The van der Waals surface area contributed by atoms with Gasteiger partial charge in [0.1, 0.15) is 5.60 Å². The second kappa shape index (κ2) is 14.0. The first-order valence-electron chi connectivity index (χ1n) is 12.8. The average Bonchev–Trinajstić information content (AvgIpc) is 3.27. The van der Waals surface area contributed by atoms with Crippen molar-refractivity contribution in [1.82, 2.24) is 9.80 Å². The monoisotopic (exact) mass is 500 g/mol. The summed E-state index contributed by atoms with van der Waals surface area (Å²) in [5.41, 5.74) is -0.628. The molecule has 1 aliphatic heterocycles. The number of likely N-dealkylation sites (tertiary alicyclic amines) is 1. The Morgan fingerprint density at radius 1 is 1.09 bits per heavy atom. The Kier molecular flexibility index (Phi) is 12.5. The normalized spacial score (nSPS) is 20.5. The van der Waals surface area contributed by atoms with E-state index in [1.54, 1.807) is 44.9 Å². The van der Waals surface area contributed by atoms with Gasteiger partial charge in [-0.2, -0.15) is 0 Å². The molecule has 0 spiro atoms. The molecule has 9 heteroatoms. The Bertz CT molecular complexity index is 694. The molecule has 0 N–H and O–H groups in total. The maximum Gasteiger partial charge on any atom is 0.410 e. The summed E-state index contributed by atoms with van der Waals surface area (Å²) in [5.74, 6) is -0.828. The fourth-order valence-corrected chi connectivity index (χ4v) is 4.87. The fourth-order valence-electron chi connectivity index (χ4n) is 4.87. The van der Waals surface area contributed by atoms with Crippen LogP contribution >= 0.6 is 0 Å². The first-order chi connectivity index (χ1) is 16.3. The first kappa shape index (κ1) is 31.2. The summed E-state index contributed by atoms with van der Waals surface area (Å²) < 4.78 is 22.3. The molecule has 0 aliphatic carbocycles. The molecule has 0 aromatic carbocycles. The molecule has 0 bridgehead atoms. The summed E-state index contributed by atoms with van der Waals surface area (Å²) in [7, 11) is 4.83. The lowest BCUT2D eigenvalue weighted by Gasteiger charge is -2.39. The summed E-state index contributed by atoms with van der Waals surface area (Å²) in [6.07, 6.45) is 1.07. The van der Waals surface area contributed by atoms with Crippen LogP contribution in [0.1, 0.15) is 74.1 Å². The molecule has 1 rings (SSSR count). The number of carbonyl (C=O) groups is 3. The number of carbonyl (C=O) groups excluding carboxylic acids is 3. The van der Waals surface area contributed by atoms with Crippen LogP contribution in [0.15, 0.2) is 0 Å². The quantitative estimate of drug-likeness (QED) is 0.375. The highest BCUT2D eigenvalue weighted by atomic mass is 16.6. The SMILES string of the molecule is CCOC(=O)[C@H](C)[C@@H](OC)[C@@H]1CCCN1C(=O)C[C@@H](OC)[C@H]([C@@H](C)CC)N(C)C(=O)OC(C)(C)C. The summed E-state index contributed by atoms with van der Waals surface area (Å²) >= 11 is 0. The molecule has 204 valence electrons. The van der Waals surface area contributed by atoms with Crippen LogP contribution in [0.2, 0.25) is 0 Å². The molecule has 0 unspecified atom stereocenters. The first-order valence-corrected chi connectivity index (χ1v) is 12.8. The van der Waals surface area contributed by atoms with E-state index in [9.17, 15) is 14.4 Å². The van der Waals surface area contributed by atoms with Crippen molar-refractivity contribution in [2.45, 2.75) is 104 Å². The van der Waals surface area contributed by atoms with Gasteiger partial charge in [0, 0.05) is 27.8 Å². The number of amides is 2. The van der Waals surface area contributed by atoms with E-state index in [1.165, 1.54) is 0 Å². The van der Waals surface area contributed by atoms with E-state index in [0.717, 1.165) is 19.3 Å². The summed E-state index contributed by atoms with van der Waals surface area (Å²) in [6, 6.07) is -0.573. The van der Waals surface area contributed by atoms with E-state index < -0.39 is 29.8 Å². The average molecular weight is 501 g/mol. The zero-order valence-corrected chi connectivity index (χ0v) is 23.5. The van der Waals surface area contributed by atoms with Crippen LogP contribution < -0.4 is 0 Å². The van der Waals surface area contributed by atoms with Crippen LogP contribution in [0.4, 0.5) is 4.79 Å². The molecule has 6 atom stereocenters. The topological polar surface area (TPSA) is 94.6 Å². The van der Waals surface area contributed by atoms with E-state index in [2.05, 4.69) is 0 Å². The highest BCUT2D eigenvalue weighted by Crippen LogP contribution is 2.29. The summed E-state index contributed by atoms with van der Waals surface area (Å²) in [4.78, 5) is 42.1. The van der Waals surface area contributed by atoms with Gasteiger partial charge in [-0.1, -0.05) is 20.3 Å². The molecule has 35 heavy (non-hydrogen) atoms. The third kappa shape index (κ3) is 8.63. The van der Waals surface area contributed by atoms with Crippen LogP contribution in [-0.2, 0) is 28.5 Å². The van der Waals surface area contributed by atoms with Gasteiger partial charge in [0.15, 0.2) is 0 Å². The molecule has 0 radical (unpaired) electrons. The van der Waals surface area contributed by atoms with Crippen molar-refractivity contribution in [3.8, 4) is 0 Å². The summed E-state index contributed by atoms with van der Waals surface area (Å²) in [6.45, 7) is 14.0. The van der Waals surface area contributed by atoms with E-state index in [4.69, 9.17) is 18.9 Å². The van der Waals surface area contributed by atoms with E-state index >= 15 is 0 Å². The molecule has 1 heterocycles. The Morgan fingerprint density at radius 3 is 2.20 bits per heavy atom. The van der Waals surface area contributed by atoms with Gasteiger partial charge < -0.3 is 28.7 Å². The van der Waals surface area contributed by atoms with Gasteiger partial charge in [0.2, 0.25) is 5.91 Å². The van der Waals surface area contributed by atoms with Crippen molar-refractivity contribution < 1.29 is 33.3 Å². The second-order valence-corrected chi connectivity index (χ2v) is 10.5. The maximum absolute atomic E-state index is 13.5. The van der Waals surface area contributed by atoms with Crippen molar-refractivity contribution in [3.05, 3.63) is 0 Å². The lowest BCUT2D eigenvalue weighted by molar-refractivity contribution is -0.156. The molecular weight excluding hydrogens is 452 g/mol. The number of hydrogen-bond donors (Lipinski definition) is 0. The number of ether oxygens (including phenoxy) is 4. The minimum atomic E-state index is -0.628. The fraction of sp³-hybridized carbons (Fsp3) is 0.885. The minimum Gasteiger partial charge on any atom is -0.466 e. The third-order valence-corrected chi connectivity index (χ3v) is 6.84. The van der Waals surface area contributed by atoms with Crippen molar-refractivity contribution >= 4 is 18.0 Å². The predicted molar refractivity (Wildman–Crippen MR) is 134 cm³/mol. The molecule has 0 aromatic rings. The number of hydrogen-bond acceptors (Lipinski definition) is 7. The van der Waals surface area contributed by atoms with E-state index in [1.807, 2.05) is 34.6 Å². The largest absolute Gasteiger partial charge is 0.466 e. The molecule has 0 aromatic heterocycles.